The van der Waals surface area contributed by atoms with Crippen LogP contribution in [0.1, 0.15) is 26.7 Å². The second kappa shape index (κ2) is 8.94. The fourth-order valence-electron chi connectivity index (χ4n) is 2.49. The molecule has 0 saturated carbocycles. The van der Waals surface area contributed by atoms with Crippen LogP contribution in [-0.4, -0.2) is 30.6 Å². The number of aryl methyl sites for hydroxylation is 1. The number of pyridine rings is 1. The van der Waals surface area contributed by atoms with E-state index in [-0.39, 0.29) is 5.91 Å². The summed E-state index contributed by atoms with van der Waals surface area (Å²) in [5.74, 6) is 2.07. The maximum Gasteiger partial charge on any atom is 0.238 e. The minimum atomic E-state index is -0.0637. The molecule has 1 amide bonds. The first-order chi connectivity index (χ1) is 13.5. The average Bonchev–Trinajstić information content (AvgIpc) is 3.11. The highest BCUT2D eigenvalue weighted by Crippen LogP contribution is 2.20. The number of carbonyl (C=O) groups is 1. The number of carbonyl (C=O) groups excluding carboxylic acids is 1. The van der Waals surface area contributed by atoms with E-state index >= 15 is 0 Å². The van der Waals surface area contributed by atoms with Crippen LogP contribution in [0.25, 0.3) is 11.3 Å². The molecular formula is C19H24N8O. The predicted octanol–water partition coefficient (Wildman–Crippen LogP) is 2.90. The van der Waals surface area contributed by atoms with Crippen LogP contribution < -0.4 is 16.2 Å². The molecule has 3 heterocycles. The van der Waals surface area contributed by atoms with Gasteiger partial charge in [0.1, 0.15) is 11.6 Å². The lowest BCUT2D eigenvalue weighted by Gasteiger charge is -2.11. The van der Waals surface area contributed by atoms with E-state index in [0.717, 1.165) is 23.5 Å². The summed E-state index contributed by atoms with van der Waals surface area (Å²) in [5, 5.41) is 7.24. The maximum atomic E-state index is 11.9. The number of nitrogens with zero attached hydrogens (tertiary/aromatic N) is 5. The van der Waals surface area contributed by atoms with Gasteiger partial charge in [-0.3, -0.25) is 20.3 Å². The van der Waals surface area contributed by atoms with Crippen molar-refractivity contribution in [1.29, 1.82) is 0 Å². The topological polar surface area (TPSA) is 110 Å². The summed E-state index contributed by atoms with van der Waals surface area (Å²) in [4.78, 5) is 24.9. The third-order valence-corrected chi connectivity index (χ3v) is 4.33. The van der Waals surface area contributed by atoms with Gasteiger partial charge in [-0.15, -0.1) is 0 Å². The van der Waals surface area contributed by atoms with Gasteiger partial charge in [0.05, 0.1) is 11.9 Å². The van der Waals surface area contributed by atoms with Crippen LogP contribution in [0.15, 0.2) is 42.9 Å². The molecule has 3 aromatic rings. The van der Waals surface area contributed by atoms with E-state index in [0.29, 0.717) is 24.1 Å². The molecule has 9 heteroatoms. The Bertz CT molecular complexity index is 939. The zero-order chi connectivity index (χ0) is 19.9. The molecule has 0 saturated heterocycles. The normalized spacial score (nSPS) is 11.7. The summed E-state index contributed by atoms with van der Waals surface area (Å²) in [5.41, 5.74) is 7.13. The van der Waals surface area contributed by atoms with Crippen molar-refractivity contribution in [3.05, 3.63) is 42.9 Å². The quantitative estimate of drug-likeness (QED) is 0.515. The predicted molar refractivity (Wildman–Crippen MR) is 108 cm³/mol. The summed E-state index contributed by atoms with van der Waals surface area (Å²) >= 11 is 0. The van der Waals surface area contributed by atoms with Gasteiger partial charge in [-0.1, -0.05) is 20.3 Å². The first-order valence-corrected chi connectivity index (χ1v) is 9.14. The van der Waals surface area contributed by atoms with E-state index in [1.165, 1.54) is 0 Å². The number of nitrogens with one attached hydrogen (secondary N) is 3. The highest BCUT2D eigenvalue weighted by atomic mass is 16.2. The van der Waals surface area contributed by atoms with Crippen molar-refractivity contribution in [2.24, 2.45) is 13.0 Å². The van der Waals surface area contributed by atoms with Crippen molar-refractivity contribution < 1.29 is 4.79 Å². The largest absolute Gasteiger partial charge is 0.309 e. The molecule has 28 heavy (non-hydrogen) atoms. The third kappa shape index (κ3) is 5.03. The molecule has 3 rings (SSSR count). The number of rotatable bonds is 8. The lowest BCUT2D eigenvalue weighted by atomic mass is 10.1. The van der Waals surface area contributed by atoms with Crippen molar-refractivity contribution in [3.8, 4) is 11.3 Å². The highest BCUT2D eigenvalue weighted by Gasteiger charge is 2.09. The molecule has 0 radical (unpaired) electrons. The van der Waals surface area contributed by atoms with E-state index in [1.54, 1.807) is 23.3 Å². The van der Waals surface area contributed by atoms with Crippen LogP contribution in [0.2, 0.25) is 0 Å². The Kier molecular flexibility index (Phi) is 6.15. The monoisotopic (exact) mass is 380 g/mol. The zero-order valence-corrected chi connectivity index (χ0v) is 16.2. The molecular weight excluding hydrogens is 356 g/mol. The number of hydrogen-bond donors (Lipinski definition) is 3. The van der Waals surface area contributed by atoms with E-state index in [4.69, 9.17) is 0 Å². The summed E-state index contributed by atoms with van der Waals surface area (Å²) in [6.07, 6.45) is 6.47. The second-order valence-electron chi connectivity index (χ2n) is 6.55. The molecule has 0 bridgehead atoms. The molecule has 0 fully saturated rings. The Morgan fingerprint density at radius 3 is 2.75 bits per heavy atom. The smallest absolute Gasteiger partial charge is 0.238 e. The van der Waals surface area contributed by atoms with Crippen LogP contribution >= 0.6 is 0 Å². The molecule has 3 aromatic heterocycles. The van der Waals surface area contributed by atoms with E-state index in [9.17, 15) is 4.79 Å². The van der Waals surface area contributed by atoms with Crippen molar-refractivity contribution in [3.63, 3.8) is 0 Å². The van der Waals surface area contributed by atoms with E-state index < -0.39 is 0 Å². The minimum absolute atomic E-state index is 0.0637. The van der Waals surface area contributed by atoms with Gasteiger partial charge < -0.3 is 5.32 Å². The summed E-state index contributed by atoms with van der Waals surface area (Å²) in [7, 11) is 1.84. The van der Waals surface area contributed by atoms with Crippen LogP contribution in [0.4, 0.5) is 17.6 Å². The molecule has 3 N–H and O–H groups in total. The first kappa shape index (κ1) is 19.3. The maximum absolute atomic E-state index is 11.9. The van der Waals surface area contributed by atoms with Crippen LogP contribution in [0, 0.1) is 5.92 Å². The molecule has 0 spiro atoms. The standard InChI is InChI=1S/C19H24N8O/c1-4-13(2)11-18(28)26-25-16-12-14(5-8-20-16)15-6-9-21-19(23-15)24-17-7-10-22-27(17)3/h5-10,12-13H,4,11H2,1-3H3,(H,20,25)(H,26,28)(H,21,23,24). The summed E-state index contributed by atoms with van der Waals surface area (Å²) in [6, 6.07) is 7.32. The van der Waals surface area contributed by atoms with Crippen molar-refractivity contribution >= 4 is 23.5 Å². The Hall–Kier alpha value is -3.49. The van der Waals surface area contributed by atoms with Gasteiger partial charge in [0, 0.05) is 37.5 Å². The Morgan fingerprint density at radius 1 is 1.18 bits per heavy atom. The summed E-state index contributed by atoms with van der Waals surface area (Å²) < 4.78 is 1.70. The fourth-order valence-corrected chi connectivity index (χ4v) is 2.49. The van der Waals surface area contributed by atoms with Gasteiger partial charge >= 0.3 is 0 Å². The zero-order valence-electron chi connectivity index (χ0n) is 16.2. The second-order valence-corrected chi connectivity index (χ2v) is 6.55. The van der Waals surface area contributed by atoms with Gasteiger partial charge in [-0.05, 0) is 24.1 Å². The number of aromatic nitrogens is 5. The molecule has 0 aliphatic carbocycles. The molecule has 0 aromatic carbocycles. The van der Waals surface area contributed by atoms with Crippen molar-refractivity contribution in [2.75, 3.05) is 10.7 Å². The Labute approximate surface area is 163 Å². The number of hydrazine groups is 1. The fraction of sp³-hybridized carbons (Fsp3) is 0.316. The van der Waals surface area contributed by atoms with Crippen LogP contribution in [0.5, 0.6) is 0 Å². The SMILES string of the molecule is CCC(C)CC(=O)NNc1cc(-c2ccnc(Nc3ccnn3C)n2)ccn1. The van der Waals surface area contributed by atoms with Gasteiger partial charge in [0.2, 0.25) is 11.9 Å². The molecule has 0 aliphatic rings. The van der Waals surface area contributed by atoms with Crippen molar-refractivity contribution in [1.82, 2.24) is 30.2 Å². The number of hydrogen-bond acceptors (Lipinski definition) is 7. The Morgan fingerprint density at radius 2 is 2.00 bits per heavy atom. The van der Waals surface area contributed by atoms with E-state index in [2.05, 4.69) is 43.1 Å². The first-order valence-electron chi connectivity index (χ1n) is 9.14. The van der Waals surface area contributed by atoms with Gasteiger partial charge in [0.25, 0.3) is 0 Å². The Balaban J connectivity index is 1.69. The average molecular weight is 380 g/mol. The number of amides is 1. The minimum Gasteiger partial charge on any atom is -0.309 e. The molecule has 146 valence electrons. The van der Waals surface area contributed by atoms with Gasteiger partial charge in [-0.2, -0.15) is 5.10 Å². The third-order valence-electron chi connectivity index (χ3n) is 4.33. The molecule has 1 atom stereocenters. The van der Waals surface area contributed by atoms with Crippen LogP contribution in [0.3, 0.4) is 0 Å². The molecule has 0 aliphatic heterocycles. The lowest BCUT2D eigenvalue weighted by Crippen LogP contribution is -2.30. The van der Waals surface area contributed by atoms with E-state index in [1.807, 2.05) is 38.2 Å². The lowest BCUT2D eigenvalue weighted by molar-refractivity contribution is -0.121. The molecule has 9 nitrogen and oxygen atoms in total. The molecule has 1 unspecified atom stereocenters. The summed E-state index contributed by atoms with van der Waals surface area (Å²) in [6.45, 7) is 4.11. The highest BCUT2D eigenvalue weighted by molar-refractivity contribution is 5.77. The van der Waals surface area contributed by atoms with Crippen LogP contribution in [-0.2, 0) is 11.8 Å². The van der Waals surface area contributed by atoms with Crippen molar-refractivity contribution in [2.45, 2.75) is 26.7 Å². The van der Waals surface area contributed by atoms with Gasteiger partial charge in [-0.25, -0.2) is 15.0 Å². The number of anilines is 3. The van der Waals surface area contributed by atoms with Gasteiger partial charge in [0.15, 0.2) is 0 Å².